The third-order valence-electron chi connectivity index (χ3n) is 4.13. The molecular formula is C18H24O. The van der Waals surface area contributed by atoms with Crippen LogP contribution in [0.4, 0.5) is 0 Å². The van der Waals surface area contributed by atoms with Crippen LogP contribution < -0.4 is 0 Å². The van der Waals surface area contributed by atoms with Crippen LogP contribution in [0, 0.1) is 13.8 Å². The van der Waals surface area contributed by atoms with Gasteiger partial charge >= 0.3 is 0 Å². The number of hydrogen-bond acceptors (Lipinski definition) is 1. The lowest BCUT2D eigenvalue weighted by Crippen LogP contribution is -2.25. The summed E-state index contributed by atoms with van der Waals surface area (Å²) in [5.41, 5.74) is 6.78. The molecule has 0 saturated heterocycles. The Morgan fingerprint density at radius 3 is 2.37 bits per heavy atom. The van der Waals surface area contributed by atoms with Gasteiger partial charge in [-0.1, -0.05) is 36.8 Å². The molecule has 0 aliphatic heterocycles. The molecule has 0 fully saturated rings. The van der Waals surface area contributed by atoms with Gasteiger partial charge in [0.2, 0.25) is 0 Å². The van der Waals surface area contributed by atoms with E-state index < -0.39 is 0 Å². The summed E-state index contributed by atoms with van der Waals surface area (Å²) in [7, 11) is 1.76. The van der Waals surface area contributed by atoms with Gasteiger partial charge < -0.3 is 4.74 Å². The van der Waals surface area contributed by atoms with Crippen LogP contribution >= 0.6 is 0 Å². The minimum absolute atomic E-state index is 0.0757. The van der Waals surface area contributed by atoms with Crippen molar-refractivity contribution in [3.63, 3.8) is 0 Å². The molecule has 1 nitrogen and oxygen atoms in total. The number of benzene rings is 1. The molecule has 19 heavy (non-hydrogen) atoms. The highest BCUT2D eigenvalue weighted by Gasteiger charge is 2.31. The van der Waals surface area contributed by atoms with Crippen molar-refractivity contribution in [2.75, 3.05) is 7.11 Å². The van der Waals surface area contributed by atoms with Gasteiger partial charge in [-0.3, -0.25) is 0 Å². The van der Waals surface area contributed by atoms with Gasteiger partial charge in [0.15, 0.2) is 0 Å². The number of hydrogen-bond donors (Lipinski definition) is 0. The van der Waals surface area contributed by atoms with Gasteiger partial charge in [-0.15, -0.1) is 0 Å². The highest BCUT2D eigenvalue weighted by atomic mass is 16.5. The minimum Gasteiger partial charge on any atom is -0.497 e. The highest BCUT2D eigenvalue weighted by molar-refractivity contribution is 5.47. The predicted molar refractivity (Wildman–Crippen MR) is 81.4 cm³/mol. The third kappa shape index (κ3) is 2.47. The second-order valence-corrected chi connectivity index (χ2v) is 6.05. The molecular weight excluding hydrogens is 232 g/mol. The van der Waals surface area contributed by atoms with Gasteiger partial charge in [0.05, 0.1) is 7.11 Å². The van der Waals surface area contributed by atoms with Gasteiger partial charge in [-0.25, -0.2) is 0 Å². The van der Waals surface area contributed by atoms with Crippen molar-refractivity contribution < 1.29 is 4.74 Å². The largest absolute Gasteiger partial charge is 0.497 e. The topological polar surface area (TPSA) is 9.23 Å². The van der Waals surface area contributed by atoms with Crippen LogP contribution in [-0.2, 0) is 10.2 Å². The first-order valence-electron chi connectivity index (χ1n) is 6.88. The fourth-order valence-corrected chi connectivity index (χ4v) is 3.42. The zero-order valence-corrected chi connectivity index (χ0v) is 12.9. The van der Waals surface area contributed by atoms with Crippen LogP contribution in [0.2, 0.25) is 0 Å². The fourth-order valence-electron chi connectivity index (χ4n) is 3.42. The average Bonchev–Trinajstić information content (AvgIpc) is 2.31. The highest BCUT2D eigenvalue weighted by Crippen LogP contribution is 2.41. The Balaban J connectivity index is 2.52. The van der Waals surface area contributed by atoms with Crippen LogP contribution in [0.1, 0.15) is 43.9 Å². The molecule has 102 valence electrons. The van der Waals surface area contributed by atoms with Crippen molar-refractivity contribution in [3.8, 4) is 0 Å². The molecule has 1 aliphatic carbocycles. The standard InChI is InChI=1S/C18H24O/c1-12-7-8-13(2)16(9-12)18(5)10-14(3)17(19-6)15(4)11-18/h7-10H,11H2,1-6H3. The van der Waals surface area contributed by atoms with Crippen molar-refractivity contribution in [1.29, 1.82) is 0 Å². The molecule has 0 bridgehead atoms. The lowest BCUT2D eigenvalue weighted by Gasteiger charge is -2.34. The van der Waals surface area contributed by atoms with Crippen molar-refractivity contribution in [1.82, 2.24) is 0 Å². The van der Waals surface area contributed by atoms with Crippen molar-refractivity contribution >= 4 is 0 Å². The summed E-state index contributed by atoms with van der Waals surface area (Å²) in [6.45, 7) is 11.0. The van der Waals surface area contributed by atoms with E-state index in [1.807, 2.05) is 0 Å². The van der Waals surface area contributed by atoms with E-state index in [1.165, 1.54) is 27.8 Å². The van der Waals surface area contributed by atoms with Gasteiger partial charge in [0.1, 0.15) is 5.76 Å². The van der Waals surface area contributed by atoms with E-state index in [0.717, 1.165) is 12.2 Å². The molecule has 1 aliphatic rings. The fraction of sp³-hybridized carbons (Fsp3) is 0.444. The van der Waals surface area contributed by atoms with Gasteiger partial charge in [-0.05, 0) is 56.4 Å². The molecule has 0 radical (unpaired) electrons. The minimum atomic E-state index is 0.0757. The number of rotatable bonds is 2. The summed E-state index contributed by atoms with van der Waals surface area (Å²) in [5, 5.41) is 0. The normalized spacial score (nSPS) is 23.4. The molecule has 1 heteroatoms. The smallest absolute Gasteiger partial charge is 0.120 e. The van der Waals surface area contributed by atoms with Gasteiger partial charge in [0.25, 0.3) is 0 Å². The second-order valence-electron chi connectivity index (χ2n) is 6.05. The van der Waals surface area contributed by atoms with Crippen molar-refractivity contribution in [2.45, 2.75) is 46.5 Å². The zero-order chi connectivity index (χ0) is 14.2. The molecule has 0 amide bonds. The Kier molecular flexibility index (Phi) is 3.58. The molecule has 1 atom stereocenters. The Morgan fingerprint density at radius 1 is 1.11 bits per heavy atom. The quantitative estimate of drug-likeness (QED) is 0.736. The number of allylic oxidation sites excluding steroid dienone is 3. The molecule has 0 aromatic heterocycles. The van der Waals surface area contributed by atoms with Crippen molar-refractivity contribution in [2.24, 2.45) is 0 Å². The molecule has 0 saturated carbocycles. The first-order valence-corrected chi connectivity index (χ1v) is 6.88. The summed E-state index contributed by atoms with van der Waals surface area (Å²) < 4.78 is 5.51. The van der Waals surface area contributed by atoms with E-state index in [1.54, 1.807) is 7.11 Å². The molecule has 0 heterocycles. The Morgan fingerprint density at radius 2 is 1.79 bits per heavy atom. The van der Waals surface area contributed by atoms with Crippen LogP contribution in [0.25, 0.3) is 0 Å². The number of aryl methyl sites for hydroxylation is 2. The van der Waals surface area contributed by atoms with E-state index in [-0.39, 0.29) is 5.41 Å². The Hall–Kier alpha value is -1.50. The molecule has 0 spiro atoms. The molecule has 1 unspecified atom stereocenters. The predicted octanol–water partition coefficient (Wildman–Crippen LogP) is 4.83. The van der Waals surface area contributed by atoms with Gasteiger partial charge in [0, 0.05) is 5.41 Å². The van der Waals surface area contributed by atoms with Gasteiger partial charge in [-0.2, -0.15) is 0 Å². The summed E-state index contributed by atoms with van der Waals surface area (Å²) in [6, 6.07) is 6.74. The van der Waals surface area contributed by atoms with Crippen LogP contribution in [-0.4, -0.2) is 7.11 Å². The first-order chi connectivity index (χ1) is 8.87. The van der Waals surface area contributed by atoms with Crippen LogP contribution in [0.15, 0.2) is 41.2 Å². The SMILES string of the molecule is COC1=C(C)CC(C)(c2cc(C)ccc2C)C=C1C. The number of methoxy groups -OCH3 is 1. The van der Waals surface area contributed by atoms with Crippen molar-refractivity contribution in [3.05, 3.63) is 57.9 Å². The lowest BCUT2D eigenvalue weighted by atomic mass is 9.71. The monoisotopic (exact) mass is 256 g/mol. The maximum absolute atomic E-state index is 5.51. The van der Waals surface area contributed by atoms with E-state index in [2.05, 4.69) is 58.9 Å². The summed E-state index contributed by atoms with van der Waals surface area (Å²) in [4.78, 5) is 0. The third-order valence-corrected chi connectivity index (χ3v) is 4.13. The van der Waals surface area contributed by atoms with E-state index in [0.29, 0.717) is 0 Å². The second kappa shape index (κ2) is 4.88. The van der Waals surface area contributed by atoms with E-state index in [4.69, 9.17) is 4.74 Å². The summed E-state index contributed by atoms with van der Waals surface area (Å²) in [6.07, 6.45) is 3.39. The molecule has 1 aromatic rings. The van der Waals surface area contributed by atoms with E-state index in [9.17, 15) is 0 Å². The molecule has 2 rings (SSSR count). The first kappa shape index (κ1) is 13.9. The number of ether oxygens (including phenoxy) is 1. The van der Waals surface area contributed by atoms with E-state index >= 15 is 0 Å². The maximum atomic E-state index is 5.51. The van der Waals surface area contributed by atoms with Crippen LogP contribution in [0.3, 0.4) is 0 Å². The maximum Gasteiger partial charge on any atom is 0.120 e. The average molecular weight is 256 g/mol. The molecule has 1 aromatic carbocycles. The summed E-state index contributed by atoms with van der Waals surface area (Å²) in [5.74, 6) is 1.06. The molecule has 0 N–H and O–H groups in total. The Labute approximate surface area is 117 Å². The Bertz CT molecular complexity index is 563. The van der Waals surface area contributed by atoms with Crippen LogP contribution in [0.5, 0.6) is 0 Å². The lowest BCUT2D eigenvalue weighted by molar-refractivity contribution is 0.287. The summed E-state index contributed by atoms with van der Waals surface area (Å²) >= 11 is 0. The zero-order valence-electron chi connectivity index (χ0n) is 12.9.